The van der Waals surface area contributed by atoms with Gasteiger partial charge in [0.2, 0.25) is 0 Å². The molecule has 1 aliphatic heterocycles. The molecule has 0 saturated carbocycles. The van der Waals surface area contributed by atoms with Gasteiger partial charge in [-0.2, -0.15) is 0 Å². The summed E-state index contributed by atoms with van der Waals surface area (Å²) in [5, 5.41) is 0. The molecular weight excluding hydrogens is 845 g/mol. The Balaban J connectivity index is 1.30. The SMILES string of the molecule is CN1c2ccccc2-c2cccc(c2)C2(c3cc(C(C)(C)C)ccc3-c3ccc(C(C)(C)C)cc32)N(C)c2ccccc2-c2cccc(c2)C12c1cc(C(C)(C)C)ccc1-c1ccc(C(C)(C)C)cc12. The third-order valence-electron chi connectivity index (χ3n) is 16.4. The molecule has 0 atom stereocenters. The molecule has 0 amide bonds. The van der Waals surface area contributed by atoms with Gasteiger partial charge < -0.3 is 9.80 Å². The van der Waals surface area contributed by atoms with Gasteiger partial charge in [0, 0.05) is 36.6 Å². The molecule has 2 nitrogen and oxygen atoms in total. The van der Waals surface area contributed by atoms with E-state index < -0.39 is 11.1 Å². The molecular formula is C68H70N2. The van der Waals surface area contributed by atoms with E-state index >= 15 is 0 Å². The molecule has 8 aromatic rings. The van der Waals surface area contributed by atoms with Crippen LogP contribution >= 0.6 is 0 Å². The first-order valence-electron chi connectivity index (χ1n) is 25.5. The van der Waals surface area contributed by atoms with Crippen molar-refractivity contribution in [2.24, 2.45) is 0 Å². The highest BCUT2D eigenvalue weighted by molar-refractivity contribution is 5.93. The van der Waals surface area contributed by atoms with Crippen LogP contribution in [0.3, 0.4) is 0 Å². The van der Waals surface area contributed by atoms with Crippen LogP contribution in [0.1, 0.15) is 139 Å². The Kier molecular flexibility index (Phi) is 10.1. The van der Waals surface area contributed by atoms with Crippen LogP contribution in [0.4, 0.5) is 11.4 Å². The van der Waals surface area contributed by atoms with Gasteiger partial charge in [-0.15, -0.1) is 0 Å². The average Bonchev–Trinajstić information content (AvgIpc) is 3.79. The zero-order valence-electron chi connectivity index (χ0n) is 44.1. The molecule has 3 aliphatic rings. The van der Waals surface area contributed by atoms with Crippen molar-refractivity contribution in [3.63, 3.8) is 0 Å². The molecule has 0 unspecified atom stereocenters. The minimum absolute atomic E-state index is 0.0554. The fourth-order valence-corrected chi connectivity index (χ4v) is 12.4. The molecule has 70 heavy (non-hydrogen) atoms. The highest BCUT2D eigenvalue weighted by atomic mass is 15.2. The number of anilines is 2. The van der Waals surface area contributed by atoms with E-state index in [1.54, 1.807) is 0 Å². The van der Waals surface area contributed by atoms with Gasteiger partial charge in [0.1, 0.15) is 11.1 Å². The molecule has 0 aromatic heterocycles. The molecule has 0 radical (unpaired) electrons. The van der Waals surface area contributed by atoms with Gasteiger partial charge >= 0.3 is 0 Å². The first kappa shape index (κ1) is 45.8. The van der Waals surface area contributed by atoms with Crippen LogP contribution in [-0.2, 0) is 32.7 Å². The van der Waals surface area contributed by atoms with E-state index in [1.165, 1.54) is 112 Å². The molecule has 8 aromatic carbocycles. The number of hydrogen-bond donors (Lipinski definition) is 0. The van der Waals surface area contributed by atoms with E-state index in [0.29, 0.717) is 0 Å². The molecule has 2 aliphatic carbocycles. The summed E-state index contributed by atoms with van der Waals surface area (Å²) < 4.78 is 0. The highest BCUT2D eigenvalue weighted by Crippen LogP contribution is 2.60. The van der Waals surface area contributed by atoms with E-state index in [-0.39, 0.29) is 21.7 Å². The first-order chi connectivity index (χ1) is 33.0. The van der Waals surface area contributed by atoms with Crippen molar-refractivity contribution in [3.8, 4) is 44.5 Å². The maximum absolute atomic E-state index is 2.64. The van der Waals surface area contributed by atoms with Gasteiger partial charge in [0.15, 0.2) is 0 Å². The third-order valence-corrected chi connectivity index (χ3v) is 16.4. The quantitative estimate of drug-likeness (QED) is 0.150. The Labute approximate surface area is 419 Å². The summed E-state index contributed by atoms with van der Waals surface area (Å²) in [7, 11) is 4.73. The Hall–Kier alpha value is -6.64. The van der Waals surface area contributed by atoms with Crippen LogP contribution in [-0.4, -0.2) is 14.1 Å². The predicted octanol–water partition coefficient (Wildman–Crippen LogP) is 17.3. The summed E-state index contributed by atoms with van der Waals surface area (Å²) in [4.78, 5) is 5.28. The molecule has 352 valence electrons. The number of benzene rings is 8. The topological polar surface area (TPSA) is 6.48 Å². The van der Waals surface area contributed by atoms with Crippen LogP contribution < -0.4 is 9.80 Å². The van der Waals surface area contributed by atoms with Crippen molar-refractivity contribution in [3.05, 3.63) is 225 Å². The van der Waals surface area contributed by atoms with E-state index in [9.17, 15) is 0 Å². The fraction of sp³-hybridized carbons (Fsp3) is 0.294. The first-order valence-corrected chi connectivity index (χ1v) is 25.5. The van der Waals surface area contributed by atoms with Gasteiger partial charge in [-0.1, -0.05) is 229 Å². The number of para-hydroxylation sites is 2. The summed E-state index contributed by atoms with van der Waals surface area (Å²) in [5.74, 6) is 0. The van der Waals surface area contributed by atoms with Crippen LogP contribution in [0.2, 0.25) is 0 Å². The Bertz CT molecular complexity index is 3050. The zero-order chi connectivity index (χ0) is 49.5. The van der Waals surface area contributed by atoms with Gasteiger partial charge in [0.05, 0.1) is 0 Å². The van der Waals surface area contributed by atoms with Crippen molar-refractivity contribution in [2.75, 3.05) is 23.9 Å². The maximum Gasteiger partial charge on any atom is 0.117 e. The summed E-state index contributed by atoms with van der Waals surface area (Å²) in [6, 6.07) is 66.8. The fourth-order valence-electron chi connectivity index (χ4n) is 12.4. The summed E-state index contributed by atoms with van der Waals surface area (Å²) >= 11 is 0. The van der Waals surface area contributed by atoms with Gasteiger partial charge in [-0.05, 0) is 135 Å². The van der Waals surface area contributed by atoms with Crippen molar-refractivity contribution in [1.29, 1.82) is 0 Å². The Morgan fingerprint density at radius 1 is 0.286 bits per heavy atom. The molecule has 4 bridgehead atoms. The lowest BCUT2D eigenvalue weighted by Gasteiger charge is -2.46. The van der Waals surface area contributed by atoms with Crippen LogP contribution in [0.5, 0.6) is 0 Å². The second kappa shape index (κ2) is 15.4. The maximum atomic E-state index is 2.64. The number of nitrogens with zero attached hydrogens (tertiary/aromatic N) is 2. The lowest BCUT2D eigenvalue weighted by atomic mass is 9.73. The van der Waals surface area contributed by atoms with E-state index in [1.807, 2.05) is 0 Å². The van der Waals surface area contributed by atoms with Crippen molar-refractivity contribution in [1.82, 2.24) is 0 Å². The second-order valence-corrected chi connectivity index (χ2v) is 24.8. The summed E-state index contributed by atoms with van der Waals surface area (Å²) in [5.41, 5.74) is 23.9. The Morgan fingerprint density at radius 3 is 0.857 bits per heavy atom. The highest BCUT2D eigenvalue weighted by Gasteiger charge is 2.52. The van der Waals surface area contributed by atoms with Gasteiger partial charge in [0.25, 0.3) is 0 Å². The van der Waals surface area contributed by atoms with Crippen LogP contribution in [0.25, 0.3) is 44.5 Å². The van der Waals surface area contributed by atoms with E-state index in [4.69, 9.17) is 0 Å². The normalized spacial score (nSPS) is 15.5. The lowest BCUT2D eigenvalue weighted by molar-refractivity contribution is 0.573. The standard InChI is InChI=1S/C68H70N2/c1-63(2,3)45-29-33-53-54-34-30-46(64(4,5)6)40-58(54)67(57(53)39-45)49-23-19-21-43(37-49)52-26-16-18-28-62(52)70(14)68(50-24-20-22-44(38-50)51-25-15-17-27-61(51)69(67)13)59-41-47(65(7,8)9)31-35-55(59)56-36-32-48(42-60(56)68)66(10,11)12/h15-42H,1-14H3. The minimum atomic E-state index is -0.695. The Morgan fingerprint density at radius 2 is 0.571 bits per heavy atom. The molecule has 2 heteroatoms. The monoisotopic (exact) mass is 915 g/mol. The number of fused-ring (bicyclic) bond motifs is 20. The molecule has 11 rings (SSSR count). The minimum Gasteiger partial charge on any atom is -0.356 e. The average molecular weight is 915 g/mol. The molecule has 0 fully saturated rings. The van der Waals surface area contributed by atoms with Gasteiger partial charge in [-0.25, -0.2) is 0 Å². The molecule has 0 N–H and O–H groups in total. The van der Waals surface area contributed by atoms with Crippen molar-refractivity contribution < 1.29 is 0 Å². The van der Waals surface area contributed by atoms with Crippen molar-refractivity contribution in [2.45, 2.75) is 116 Å². The number of hydrogen-bond acceptors (Lipinski definition) is 2. The summed E-state index contributed by atoms with van der Waals surface area (Å²) in [6.45, 7) is 28.1. The second-order valence-electron chi connectivity index (χ2n) is 24.8. The van der Waals surface area contributed by atoms with Crippen LogP contribution in [0, 0.1) is 0 Å². The molecule has 1 heterocycles. The zero-order valence-corrected chi connectivity index (χ0v) is 44.1. The largest absolute Gasteiger partial charge is 0.356 e. The van der Waals surface area contributed by atoms with E-state index in [2.05, 4.69) is 277 Å². The van der Waals surface area contributed by atoms with E-state index in [0.717, 1.165) is 0 Å². The molecule has 0 saturated heterocycles. The number of rotatable bonds is 0. The smallest absolute Gasteiger partial charge is 0.117 e. The molecule has 2 spiro atoms. The van der Waals surface area contributed by atoms with Crippen LogP contribution in [0.15, 0.2) is 170 Å². The third kappa shape index (κ3) is 6.65. The van der Waals surface area contributed by atoms with Gasteiger partial charge in [-0.3, -0.25) is 0 Å². The lowest BCUT2D eigenvalue weighted by Crippen LogP contribution is -2.46. The predicted molar refractivity (Wildman–Crippen MR) is 299 cm³/mol. The van der Waals surface area contributed by atoms with Crippen molar-refractivity contribution >= 4 is 11.4 Å². The summed E-state index contributed by atoms with van der Waals surface area (Å²) in [6.07, 6.45) is 0.